The molecule has 1 unspecified atom stereocenters. The Morgan fingerprint density at radius 1 is 1.36 bits per heavy atom. The van der Waals surface area contributed by atoms with Crippen molar-refractivity contribution in [3.63, 3.8) is 0 Å². The predicted molar refractivity (Wildman–Crippen MR) is 90.8 cm³/mol. The zero-order chi connectivity index (χ0) is 16.8. The van der Waals surface area contributed by atoms with Gasteiger partial charge < -0.3 is 5.32 Å². The van der Waals surface area contributed by atoms with Crippen LogP contribution in [0.25, 0.3) is 0 Å². The Kier molecular flexibility index (Phi) is 7.16. The summed E-state index contributed by atoms with van der Waals surface area (Å²) in [5.74, 6) is -0.290. The fraction of sp³-hybridized carbons (Fsp3) is 0.533. The van der Waals surface area contributed by atoms with E-state index >= 15 is 0 Å². The van der Waals surface area contributed by atoms with Gasteiger partial charge in [0.25, 0.3) is 0 Å². The fourth-order valence-corrected chi connectivity index (χ4v) is 3.57. The molecule has 1 aromatic rings. The third-order valence-corrected chi connectivity index (χ3v) is 4.64. The number of hydrogen-bond acceptors (Lipinski definition) is 3. The third kappa shape index (κ3) is 5.18. The smallest absolute Gasteiger partial charge is 0.243 e. The molecule has 0 aliphatic heterocycles. The Hall–Kier alpha value is -1.27. The van der Waals surface area contributed by atoms with E-state index < -0.39 is 16.1 Å². The molecule has 1 aromatic carbocycles. The van der Waals surface area contributed by atoms with E-state index in [2.05, 4.69) is 5.32 Å². The van der Waals surface area contributed by atoms with E-state index in [1.54, 1.807) is 31.2 Å². The zero-order valence-electron chi connectivity index (χ0n) is 13.2. The second kappa shape index (κ2) is 8.39. The molecular weight excluding hydrogens is 324 g/mol. The number of nitrogens with one attached hydrogen (secondary N) is 1. The normalized spacial score (nSPS) is 12.7. The lowest BCUT2D eigenvalue weighted by atomic mass is 10.2. The number of amides is 1. The summed E-state index contributed by atoms with van der Waals surface area (Å²) in [4.78, 5) is 12.3. The van der Waals surface area contributed by atoms with Crippen molar-refractivity contribution in [1.82, 2.24) is 5.32 Å². The van der Waals surface area contributed by atoms with Crippen LogP contribution in [0.4, 0.5) is 5.69 Å². The molecule has 1 rings (SSSR count). The molecule has 5 nitrogen and oxygen atoms in total. The SMILES string of the molecule is CCCCNC(=O)C(CC)N(c1cccc(Cl)c1)S(C)(=O)=O. The number of unbranched alkanes of at least 4 members (excludes halogenated alkanes) is 1. The van der Waals surface area contributed by atoms with Crippen molar-refractivity contribution in [1.29, 1.82) is 0 Å². The van der Waals surface area contributed by atoms with Gasteiger partial charge in [-0.2, -0.15) is 0 Å². The van der Waals surface area contributed by atoms with Gasteiger partial charge in [-0.05, 0) is 31.0 Å². The van der Waals surface area contributed by atoms with E-state index in [9.17, 15) is 13.2 Å². The highest BCUT2D eigenvalue weighted by Crippen LogP contribution is 2.25. The Morgan fingerprint density at radius 2 is 2.05 bits per heavy atom. The van der Waals surface area contributed by atoms with E-state index in [1.807, 2.05) is 6.92 Å². The molecule has 1 atom stereocenters. The minimum absolute atomic E-state index is 0.290. The largest absolute Gasteiger partial charge is 0.354 e. The maximum Gasteiger partial charge on any atom is 0.243 e. The highest BCUT2D eigenvalue weighted by molar-refractivity contribution is 7.92. The van der Waals surface area contributed by atoms with Gasteiger partial charge in [0.15, 0.2) is 0 Å². The number of carbonyl (C=O) groups is 1. The number of rotatable bonds is 8. The minimum atomic E-state index is -3.61. The second-order valence-corrected chi connectivity index (χ2v) is 7.40. The van der Waals surface area contributed by atoms with Gasteiger partial charge in [-0.25, -0.2) is 8.42 Å². The highest BCUT2D eigenvalue weighted by atomic mass is 35.5. The Labute approximate surface area is 137 Å². The summed E-state index contributed by atoms with van der Waals surface area (Å²) in [6, 6.07) is 5.72. The Bertz CT molecular complexity index is 605. The number of carbonyl (C=O) groups excluding carboxylic acids is 1. The first-order valence-electron chi connectivity index (χ1n) is 7.34. The average Bonchev–Trinajstić information content (AvgIpc) is 2.43. The first-order valence-corrected chi connectivity index (χ1v) is 9.56. The fourth-order valence-electron chi connectivity index (χ4n) is 2.18. The molecule has 0 saturated heterocycles. The van der Waals surface area contributed by atoms with Crippen LogP contribution < -0.4 is 9.62 Å². The molecule has 0 saturated carbocycles. The number of hydrogen-bond donors (Lipinski definition) is 1. The molecule has 1 amide bonds. The van der Waals surface area contributed by atoms with Crippen LogP contribution in [0.1, 0.15) is 33.1 Å². The molecule has 0 radical (unpaired) electrons. The van der Waals surface area contributed by atoms with Gasteiger partial charge in [0.05, 0.1) is 11.9 Å². The van der Waals surface area contributed by atoms with Crippen LogP contribution in [0.15, 0.2) is 24.3 Å². The van der Waals surface area contributed by atoms with Gasteiger partial charge >= 0.3 is 0 Å². The molecular formula is C15H23ClN2O3S. The summed E-state index contributed by atoms with van der Waals surface area (Å²) in [6.45, 7) is 4.35. The van der Waals surface area contributed by atoms with Crippen molar-refractivity contribution < 1.29 is 13.2 Å². The van der Waals surface area contributed by atoms with Crippen molar-refractivity contribution >= 4 is 33.2 Å². The molecule has 0 fully saturated rings. The van der Waals surface area contributed by atoms with Gasteiger partial charge in [-0.15, -0.1) is 0 Å². The average molecular weight is 347 g/mol. The number of benzene rings is 1. The third-order valence-electron chi connectivity index (χ3n) is 3.22. The van der Waals surface area contributed by atoms with Crippen LogP contribution in [0, 0.1) is 0 Å². The van der Waals surface area contributed by atoms with Gasteiger partial charge in [0, 0.05) is 11.6 Å². The quantitative estimate of drug-likeness (QED) is 0.736. The van der Waals surface area contributed by atoms with Crippen molar-refractivity contribution in [2.75, 3.05) is 17.1 Å². The van der Waals surface area contributed by atoms with Crippen LogP contribution in [0.5, 0.6) is 0 Å². The summed E-state index contributed by atoms with van der Waals surface area (Å²) in [5.41, 5.74) is 0.396. The number of anilines is 1. The maximum atomic E-state index is 12.3. The summed E-state index contributed by atoms with van der Waals surface area (Å²) < 4.78 is 25.5. The Balaban J connectivity index is 3.12. The summed E-state index contributed by atoms with van der Waals surface area (Å²) in [6.07, 6.45) is 3.28. The second-order valence-electron chi connectivity index (χ2n) is 5.11. The van der Waals surface area contributed by atoms with Crippen LogP contribution >= 0.6 is 11.6 Å². The highest BCUT2D eigenvalue weighted by Gasteiger charge is 2.31. The van der Waals surface area contributed by atoms with E-state index in [0.717, 1.165) is 23.4 Å². The monoisotopic (exact) mass is 346 g/mol. The lowest BCUT2D eigenvalue weighted by Crippen LogP contribution is -2.49. The van der Waals surface area contributed by atoms with Crippen molar-refractivity contribution in [2.45, 2.75) is 39.2 Å². The first-order chi connectivity index (χ1) is 10.3. The van der Waals surface area contributed by atoms with Crippen LogP contribution in [-0.4, -0.2) is 33.2 Å². The van der Waals surface area contributed by atoms with Crippen molar-refractivity contribution in [3.8, 4) is 0 Å². The molecule has 0 spiro atoms. The molecule has 124 valence electrons. The van der Waals surface area contributed by atoms with Gasteiger partial charge in [0.1, 0.15) is 6.04 Å². The number of halogens is 1. The van der Waals surface area contributed by atoms with Crippen LogP contribution in [-0.2, 0) is 14.8 Å². The molecule has 0 aliphatic carbocycles. The van der Waals surface area contributed by atoms with E-state index in [4.69, 9.17) is 11.6 Å². The molecule has 22 heavy (non-hydrogen) atoms. The van der Waals surface area contributed by atoms with Gasteiger partial charge in [-0.3, -0.25) is 9.10 Å². The zero-order valence-corrected chi connectivity index (χ0v) is 14.7. The number of sulfonamides is 1. The summed E-state index contributed by atoms with van der Waals surface area (Å²) in [7, 11) is -3.61. The van der Waals surface area contributed by atoms with E-state index in [0.29, 0.717) is 23.7 Å². The molecule has 7 heteroatoms. The molecule has 1 N–H and O–H groups in total. The minimum Gasteiger partial charge on any atom is -0.354 e. The maximum absolute atomic E-state index is 12.3. The molecule has 0 aliphatic rings. The van der Waals surface area contributed by atoms with Crippen LogP contribution in [0.2, 0.25) is 5.02 Å². The van der Waals surface area contributed by atoms with E-state index in [1.165, 1.54) is 0 Å². The topological polar surface area (TPSA) is 66.5 Å². The van der Waals surface area contributed by atoms with Crippen molar-refractivity contribution in [2.24, 2.45) is 0 Å². The lowest BCUT2D eigenvalue weighted by Gasteiger charge is -2.30. The predicted octanol–water partition coefficient (Wildman–Crippen LogP) is 2.80. The van der Waals surface area contributed by atoms with Crippen molar-refractivity contribution in [3.05, 3.63) is 29.3 Å². The number of nitrogens with zero attached hydrogens (tertiary/aromatic N) is 1. The molecule has 0 heterocycles. The Morgan fingerprint density at radius 3 is 2.55 bits per heavy atom. The summed E-state index contributed by atoms with van der Waals surface area (Å²) in [5, 5.41) is 3.22. The lowest BCUT2D eigenvalue weighted by molar-refractivity contribution is -0.122. The standard InChI is InChI=1S/C15H23ClN2O3S/c1-4-6-10-17-15(19)14(5-2)18(22(3,20)21)13-9-7-8-12(16)11-13/h7-9,11,14H,4-6,10H2,1-3H3,(H,17,19). The van der Waals surface area contributed by atoms with Crippen LogP contribution in [0.3, 0.4) is 0 Å². The van der Waals surface area contributed by atoms with E-state index in [-0.39, 0.29) is 5.91 Å². The molecule has 0 aromatic heterocycles. The van der Waals surface area contributed by atoms with Gasteiger partial charge in [-0.1, -0.05) is 37.9 Å². The molecule has 0 bridgehead atoms. The first kappa shape index (κ1) is 18.8. The summed E-state index contributed by atoms with van der Waals surface area (Å²) >= 11 is 5.95. The van der Waals surface area contributed by atoms with Gasteiger partial charge in [0.2, 0.25) is 15.9 Å².